The minimum Gasteiger partial charge on any atom is -0.478 e. The molecule has 1 saturated heterocycles. The molecule has 2 aromatic rings. The van der Waals surface area contributed by atoms with Crippen molar-refractivity contribution >= 4 is 41.2 Å². The number of hydrogen-bond donors (Lipinski definition) is 1. The lowest BCUT2D eigenvalue weighted by molar-refractivity contribution is -0.121. The number of imide groups is 1. The van der Waals surface area contributed by atoms with Gasteiger partial charge in [-0.2, -0.15) is 0 Å². The molecule has 144 valence electrons. The zero-order valence-electron chi connectivity index (χ0n) is 14.8. The Bertz CT molecular complexity index is 944. The van der Waals surface area contributed by atoms with E-state index in [9.17, 15) is 24.3 Å². The maximum absolute atomic E-state index is 12.7. The van der Waals surface area contributed by atoms with Gasteiger partial charge in [0.1, 0.15) is 5.03 Å². The number of anilines is 1. The van der Waals surface area contributed by atoms with E-state index in [4.69, 9.17) is 4.74 Å². The normalized spacial score (nSPS) is 16.3. The van der Waals surface area contributed by atoms with Crippen LogP contribution in [0.15, 0.2) is 47.6 Å². The van der Waals surface area contributed by atoms with Gasteiger partial charge in [0.15, 0.2) is 0 Å². The summed E-state index contributed by atoms with van der Waals surface area (Å²) >= 11 is 0.953. The van der Waals surface area contributed by atoms with E-state index in [0.29, 0.717) is 11.3 Å². The van der Waals surface area contributed by atoms with Crippen LogP contribution in [-0.2, 0) is 14.3 Å². The highest BCUT2D eigenvalue weighted by atomic mass is 32.2. The maximum atomic E-state index is 12.7. The molecule has 1 aromatic heterocycles. The van der Waals surface area contributed by atoms with Crippen LogP contribution in [-0.4, -0.2) is 45.7 Å². The number of carboxylic acid groups (broad SMARTS) is 1. The number of pyridine rings is 1. The maximum Gasteiger partial charge on any atom is 0.338 e. The number of carboxylic acids is 1. The number of amides is 2. The Hall–Kier alpha value is -3.20. The third-order valence-electron chi connectivity index (χ3n) is 4.00. The molecule has 28 heavy (non-hydrogen) atoms. The number of rotatable bonds is 6. The van der Waals surface area contributed by atoms with E-state index in [2.05, 4.69) is 4.98 Å². The zero-order chi connectivity index (χ0) is 20.3. The van der Waals surface area contributed by atoms with Crippen LogP contribution in [0.5, 0.6) is 0 Å². The highest BCUT2D eigenvalue weighted by Gasteiger charge is 2.41. The second-order valence-corrected chi connectivity index (χ2v) is 7.00. The minimum atomic E-state index is -1.15. The fraction of sp³-hybridized carbons (Fsp3) is 0.211. The monoisotopic (exact) mass is 400 g/mol. The molecule has 3 rings (SSSR count). The van der Waals surface area contributed by atoms with Gasteiger partial charge in [0.25, 0.3) is 0 Å². The molecule has 1 fully saturated rings. The van der Waals surface area contributed by atoms with Gasteiger partial charge in [0.05, 0.1) is 28.7 Å². The molecule has 0 bridgehead atoms. The summed E-state index contributed by atoms with van der Waals surface area (Å²) in [4.78, 5) is 53.2. The Morgan fingerprint density at radius 1 is 1.25 bits per heavy atom. The number of benzene rings is 1. The van der Waals surface area contributed by atoms with Gasteiger partial charge in [-0.3, -0.25) is 9.59 Å². The number of carbonyl (C=O) groups is 4. The first-order valence-corrected chi connectivity index (χ1v) is 9.29. The Morgan fingerprint density at radius 2 is 1.96 bits per heavy atom. The second-order valence-electron chi connectivity index (χ2n) is 5.81. The summed E-state index contributed by atoms with van der Waals surface area (Å²) in [6.45, 7) is 1.94. The van der Waals surface area contributed by atoms with Gasteiger partial charge >= 0.3 is 11.9 Å². The number of esters is 1. The predicted octanol–water partition coefficient (Wildman–Crippen LogP) is 2.38. The summed E-state index contributed by atoms with van der Waals surface area (Å²) in [5.41, 5.74) is 0.630. The predicted molar refractivity (Wildman–Crippen MR) is 100 cm³/mol. The summed E-state index contributed by atoms with van der Waals surface area (Å²) in [6.07, 6.45) is 1.36. The van der Waals surface area contributed by atoms with Crippen LogP contribution in [0.2, 0.25) is 0 Å². The molecular formula is C19H16N2O6S. The van der Waals surface area contributed by atoms with Crippen LogP contribution in [0.4, 0.5) is 5.69 Å². The Morgan fingerprint density at radius 3 is 2.61 bits per heavy atom. The van der Waals surface area contributed by atoms with Crippen LogP contribution in [0.3, 0.4) is 0 Å². The third-order valence-corrected chi connectivity index (χ3v) is 5.20. The van der Waals surface area contributed by atoms with Crippen molar-refractivity contribution in [2.24, 2.45) is 0 Å². The van der Waals surface area contributed by atoms with Gasteiger partial charge in [-0.15, -0.1) is 0 Å². The first kappa shape index (κ1) is 19.6. The molecule has 0 radical (unpaired) electrons. The third kappa shape index (κ3) is 3.89. The highest BCUT2D eigenvalue weighted by Crippen LogP contribution is 2.34. The van der Waals surface area contributed by atoms with E-state index >= 15 is 0 Å². The van der Waals surface area contributed by atoms with Crippen LogP contribution >= 0.6 is 11.8 Å². The summed E-state index contributed by atoms with van der Waals surface area (Å²) in [5, 5.41) is 8.65. The molecule has 1 aromatic carbocycles. The quantitative estimate of drug-likeness (QED) is 0.581. The van der Waals surface area contributed by atoms with Crippen LogP contribution < -0.4 is 4.90 Å². The van der Waals surface area contributed by atoms with E-state index in [1.165, 1.54) is 42.6 Å². The summed E-state index contributed by atoms with van der Waals surface area (Å²) in [7, 11) is 0. The Labute approximate surface area is 164 Å². The smallest absolute Gasteiger partial charge is 0.338 e. The SMILES string of the molecule is CCOC(=O)c1ccc(N2C(=O)C[C@H](Sc3ncccc3C(=O)O)C2=O)cc1. The van der Waals surface area contributed by atoms with Gasteiger partial charge in [-0.05, 0) is 43.3 Å². The minimum absolute atomic E-state index is 0.0232. The summed E-state index contributed by atoms with van der Waals surface area (Å²) in [5.74, 6) is -2.50. The van der Waals surface area contributed by atoms with E-state index in [1.54, 1.807) is 6.92 Å². The standard InChI is InChI=1S/C19H16N2O6S/c1-2-27-19(26)11-5-7-12(8-6-11)21-15(22)10-14(17(21)23)28-16-13(18(24)25)4-3-9-20-16/h3-9,14H,2,10H2,1H3,(H,24,25)/t14-/m0/s1. The lowest BCUT2D eigenvalue weighted by Crippen LogP contribution is -2.31. The van der Waals surface area contributed by atoms with E-state index in [1.807, 2.05) is 0 Å². The number of thioether (sulfide) groups is 1. The highest BCUT2D eigenvalue weighted by molar-refractivity contribution is 8.00. The molecule has 2 amide bonds. The molecule has 0 aliphatic carbocycles. The van der Waals surface area contributed by atoms with Gasteiger partial charge in [-0.25, -0.2) is 19.5 Å². The largest absolute Gasteiger partial charge is 0.478 e. The topological polar surface area (TPSA) is 114 Å². The average Bonchev–Trinajstić information content (AvgIpc) is 2.95. The van der Waals surface area contributed by atoms with Gasteiger partial charge in [0, 0.05) is 12.6 Å². The molecule has 1 aliphatic rings. The zero-order valence-corrected chi connectivity index (χ0v) is 15.6. The molecule has 1 N–H and O–H groups in total. The van der Waals surface area contributed by atoms with Crippen molar-refractivity contribution in [3.05, 3.63) is 53.7 Å². The molecule has 0 saturated carbocycles. The lowest BCUT2D eigenvalue weighted by atomic mass is 10.2. The molecule has 9 heteroatoms. The van der Waals surface area contributed by atoms with E-state index in [-0.39, 0.29) is 23.6 Å². The fourth-order valence-corrected chi connectivity index (χ4v) is 3.82. The first-order valence-electron chi connectivity index (χ1n) is 8.41. The van der Waals surface area contributed by atoms with Crippen molar-refractivity contribution in [1.82, 2.24) is 4.98 Å². The van der Waals surface area contributed by atoms with E-state index in [0.717, 1.165) is 16.7 Å². The van der Waals surface area contributed by atoms with Gasteiger partial charge in [-0.1, -0.05) is 11.8 Å². The van der Waals surface area contributed by atoms with Crippen molar-refractivity contribution in [1.29, 1.82) is 0 Å². The lowest BCUT2D eigenvalue weighted by Gasteiger charge is -2.15. The fourth-order valence-electron chi connectivity index (χ4n) is 2.71. The molecular weight excluding hydrogens is 384 g/mol. The number of aromatic carboxylic acids is 1. The number of carbonyl (C=O) groups excluding carboxylic acids is 3. The molecule has 1 atom stereocenters. The number of ether oxygens (including phenoxy) is 1. The first-order chi connectivity index (χ1) is 13.4. The molecule has 1 aliphatic heterocycles. The number of hydrogen-bond acceptors (Lipinski definition) is 7. The second kappa shape index (κ2) is 8.22. The Balaban J connectivity index is 1.79. The van der Waals surface area contributed by atoms with Crippen molar-refractivity contribution in [3.8, 4) is 0 Å². The van der Waals surface area contributed by atoms with E-state index < -0.39 is 29.0 Å². The van der Waals surface area contributed by atoms with Crippen molar-refractivity contribution in [2.75, 3.05) is 11.5 Å². The summed E-state index contributed by atoms with van der Waals surface area (Å²) in [6, 6.07) is 8.85. The average molecular weight is 400 g/mol. The molecule has 8 nitrogen and oxygen atoms in total. The van der Waals surface area contributed by atoms with Crippen molar-refractivity contribution in [2.45, 2.75) is 23.6 Å². The van der Waals surface area contributed by atoms with Crippen LogP contribution in [0, 0.1) is 0 Å². The van der Waals surface area contributed by atoms with Gasteiger partial charge < -0.3 is 9.84 Å². The number of aromatic nitrogens is 1. The molecule has 0 spiro atoms. The van der Waals surface area contributed by atoms with Gasteiger partial charge in [0.2, 0.25) is 11.8 Å². The van der Waals surface area contributed by atoms with Crippen LogP contribution in [0.25, 0.3) is 0 Å². The number of nitrogens with zero attached hydrogens (tertiary/aromatic N) is 2. The molecule has 2 heterocycles. The van der Waals surface area contributed by atoms with Crippen molar-refractivity contribution in [3.63, 3.8) is 0 Å². The Kier molecular flexibility index (Phi) is 5.74. The summed E-state index contributed by atoms with van der Waals surface area (Å²) < 4.78 is 4.90. The molecule has 0 unspecified atom stereocenters. The van der Waals surface area contributed by atoms with Crippen molar-refractivity contribution < 1.29 is 29.0 Å². The van der Waals surface area contributed by atoms with Crippen LogP contribution in [0.1, 0.15) is 34.1 Å².